The highest BCUT2D eigenvalue weighted by atomic mass is 79.9. The van der Waals surface area contributed by atoms with Gasteiger partial charge in [-0.2, -0.15) is 0 Å². The highest BCUT2D eigenvalue weighted by Crippen LogP contribution is 2.38. The number of carbonyl (C=O) groups excluding carboxylic acids is 1. The van der Waals surface area contributed by atoms with Gasteiger partial charge in [0, 0.05) is 21.3 Å². The van der Waals surface area contributed by atoms with Crippen molar-refractivity contribution in [2.45, 2.75) is 24.9 Å². The summed E-state index contributed by atoms with van der Waals surface area (Å²) in [7, 11) is -3.01. The monoisotopic (exact) mass is 358 g/mol. The average molecular weight is 359 g/mol. The predicted octanol–water partition coefficient (Wildman–Crippen LogP) is 1.61. The van der Waals surface area contributed by atoms with Crippen LogP contribution in [-0.4, -0.2) is 31.4 Å². The smallest absolute Gasteiger partial charge is 0.246 e. The van der Waals surface area contributed by atoms with E-state index in [2.05, 4.69) is 26.6 Å². The van der Waals surface area contributed by atoms with Gasteiger partial charge < -0.3 is 5.32 Å². The maximum atomic E-state index is 12.1. The van der Waals surface area contributed by atoms with Gasteiger partial charge in [0.15, 0.2) is 9.84 Å². The zero-order chi connectivity index (χ0) is 14.5. The third kappa shape index (κ3) is 2.38. The van der Waals surface area contributed by atoms with Crippen molar-refractivity contribution in [3.8, 4) is 0 Å². The topological polar surface area (TPSA) is 75.3 Å². The van der Waals surface area contributed by atoms with E-state index in [1.807, 2.05) is 25.1 Å². The second kappa shape index (κ2) is 4.54. The van der Waals surface area contributed by atoms with Crippen molar-refractivity contribution in [3.63, 3.8) is 0 Å². The van der Waals surface area contributed by atoms with Gasteiger partial charge in [-0.15, -0.1) is 0 Å². The van der Waals surface area contributed by atoms with Crippen LogP contribution in [0.2, 0.25) is 0 Å². The Kier molecular flexibility index (Phi) is 3.19. The third-order valence-electron chi connectivity index (χ3n) is 3.86. The van der Waals surface area contributed by atoms with Crippen LogP contribution >= 0.6 is 15.9 Å². The van der Waals surface area contributed by atoms with Crippen LogP contribution in [-0.2, 0) is 14.6 Å². The summed E-state index contributed by atoms with van der Waals surface area (Å²) < 4.78 is 24.2. The van der Waals surface area contributed by atoms with Crippen molar-refractivity contribution in [1.82, 2.24) is 5.32 Å². The average Bonchev–Trinajstić information content (AvgIpc) is 2.78. The molecule has 0 bridgehead atoms. The molecule has 3 rings (SSSR count). The summed E-state index contributed by atoms with van der Waals surface area (Å²) in [6.07, 6.45) is 0.527. The Balaban J connectivity index is 1.92. The lowest BCUT2D eigenvalue weighted by Crippen LogP contribution is -2.47. The number of amides is 1. The summed E-state index contributed by atoms with van der Waals surface area (Å²) in [5, 5.41) is 6.05. The van der Waals surface area contributed by atoms with Gasteiger partial charge in [-0.05, 0) is 25.5 Å². The first-order valence-corrected chi connectivity index (χ1v) is 8.99. The molecule has 1 amide bonds. The van der Waals surface area contributed by atoms with E-state index in [4.69, 9.17) is 0 Å². The molecule has 2 aliphatic rings. The number of carbonyl (C=O) groups is 1. The number of anilines is 1. The summed E-state index contributed by atoms with van der Waals surface area (Å²) in [4.78, 5) is 12.1. The first-order chi connectivity index (χ1) is 9.30. The van der Waals surface area contributed by atoms with Crippen molar-refractivity contribution >= 4 is 37.4 Å². The summed E-state index contributed by atoms with van der Waals surface area (Å²) >= 11 is 3.45. The van der Waals surface area contributed by atoms with E-state index in [9.17, 15) is 13.2 Å². The van der Waals surface area contributed by atoms with E-state index in [1.54, 1.807) is 0 Å². The highest BCUT2D eigenvalue weighted by Gasteiger charge is 2.43. The van der Waals surface area contributed by atoms with Crippen molar-refractivity contribution in [2.75, 3.05) is 16.8 Å². The molecule has 5 nitrogen and oxygen atoms in total. The summed E-state index contributed by atoms with van der Waals surface area (Å²) in [5.74, 6) is 0.106. The minimum Gasteiger partial charge on any atom is -0.324 e. The molecular formula is C13H15BrN2O3S. The molecule has 1 aromatic carbocycles. The van der Waals surface area contributed by atoms with Crippen LogP contribution in [0.4, 0.5) is 5.69 Å². The van der Waals surface area contributed by atoms with Crippen LogP contribution in [0.1, 0.15) is 24.9 Å². The quantitative estimate of drug-likeness (QED) is 0.841. The number of fused-ring (bicyclic) bond motifs is 1. The minimum absolute atomic E-state index is 0.0730. The number of hydrogen-bond donors (Lipinski definition) is 2. The predicted molar refractivity (Wildman–Crippen MR) is 80.3 cm³/mol. The fourth-order valence-electron chi connectivity index (χ4n) is 2.89. The summed E-state index contributed by atoms with van der Waals surface area (Å²) in [5.41, 5.74) is 1.06. The lowest BCUT2D eigenvalue weighted by Gasteiger charge is -2.27. The molecule has 2 aliphatic heterocycles. The van der Waals surface area contributed by atoms with Gasteiger partial charge in [-0.3, -0.25) is 10.1 Å². The molecule has 2 N–H and O–H groups in total. The zero-order valence-corrected chi connectivity index (χ0v) is 13.3. The van der Waals surface area contributed by atoms with Crippen molar-refractivity contribution in [3.05, 3.63) is 28.2 Å². The van der Waals surface area contributed by atoms with Crippen molar-refractivity contribution in [1.29, 1.82) is 0 Å². The van der Waals surface area contributed by atoms with Gasteiger partial charge in [0.05, 0.1) is 11.5 Å². The van der Waals surface area contributed by atoms with E-state index < -0.39 is 21.4 Å². The SMILES string of the molecule is CC1(NC2C(=O)Nc3cccc(Br)c32)CCS(=O)(=O)C1. The summed E-state index contributed by atoms with van der Waals surface area (Å²) in [6, 6.07) is 5.06. The Labute approximate surface area is 126 Å². The lowest BCUT2D eigenvalue weighted by atomic mass is 9.98. The normalized spacial score (nSPS) is 31.1. The standard InChI is InChI=1S/C13H15BrN2O3S/c1-13(5-6-20(18,19)7-13)16-11-10-8(14)3-2-4-9(10)15-12(11)17/h2-4,11,16H,5-7H2,1H3,(H,15,17). The molecule has 1 saturated heterocycles. The van der Waals surface area contributed by atoms with E-state index >= 15 is 0 Å². The lowest BCUT2D eigenvalue weighted by molar-refractivity contribution is -0.118. The van der Waals surface area contributed by atoms with Crippen molar-refractivity contribution in [2.24, 2.45) is 0 Å². The van der Waals surface area contributed by atoms with Gasteiger partial charge in [0.1, 0.15) is 6.04 Å². The Morgan fingerprint density at radius 3 is 2.85 bits per heavy atom. The maximum absolute atomic E-state index is 12.1. The third-order valence-corrected chi connectivity index (χ3v) is 6.45. The van der Waals surface area contributed by atoms with Gasteiger partial charge in [0.2, 0.25) is 5.91 Å². The molecule has 7 heteroatoms. The second-order valence-electron chi connectivity index (χ2n) is 5.67. The number of hydrogen-bond acceptors (Lipinski definition) is 4. The molecule has 108 valence electrons. The molecule has 0 radical (unpaired) electrons. The Bertz CT molecular complexity index is 689. The molecule has 0 aliphatic carbocycles. The van der Waals surface area contributed by atoms with Crippen LogP contribution in [0.3, 0.4) is 0 Å². The first kappa shape index (κ1) is 14.0. The molecule has 1 fully saturated rings. The molecule has 2 unspecified atom stereocenters. The first-order valence-electron chi connectivity index (χ1n) is 6.37. The molecule has 0 aromatic heterocycles. The Hall–Kier alpha value is -0.920. The van der Waals surface area contributed by atoms with Gasteiger partial charge in [-0.25, -0.2) is 8.42 Å². The number of halogens is 1. The van der Waals surface area contributed by atoms with Gasteiger partial charge in [-0.1, -0.05) is 22.0 Å². The van der Waals surface area contributed by atoms with E-state index in [1.165, 1.54) is 0 Å². The zero-order valence-electron chi connectivity index (χ0n) is 10.9. The van der Waals surface area contributed by atoms with Crippen LogP contribution in [0, 0.1) is 0 Å². The molecule has 2 atom stereocenters. The van der Waals surface area contributed by atoms with Crippen LogP contribution in [0.25, 0.3) is 0 Å². The van der Waals surface area contributed by atoms with Crippen LogP contribution < -0.4 is 10.6 Å². The number of nitrogens with one attached hydrogen (secondary N) is 2. The molecule has 0 saturated carbocycles. The fraction of sp³-hybridized carbons (Fsp3) is 0.462. The van der Waals surface area contributed by atoms with Crippen molar-refractivity contribution < 1.29 is 13.2 Å². The Morgan fingerprint density at radius 2 is 2.20 bits per heavy atom. The molecule has 20 heavy (non-hydrogen) atoms. The highest BCUT2D eigenvalue weighted by molar-refractivity contribution is 9.10. The molecule has 2 heterocycles. The van der Waals surface area contributed by atoms with E-state index in [0.29, 0.717) is 6.42 Å². The Morgan fingerprint density at radius 1 is 1.45 bits per heavy atom. The fourth-order valence-corrected chi connectivity index (χ4v) is 5.59. The minimum atomic E-state index is -3.01. The van der Waals surface area contributed by atoms with Gasteiger partial charge in [0.25, 0.3) is 0 Å². The largest absolute Gasteiger partial charge is 0.324 e. The number of sulfone groups is 1. The second-order valence-corrected chi connectivity index (χ2v) is 8.71. The molecular weight excluding hydrogens is 344 g/mol. The van der Waals surface area contributed by atoms with Crippen LogP contribution in [0.5, 0.6) is 0 Å². The van der Waals surface area contributed by atoms with Crippen LogP contribution in [0.15, 0.2) is 22.7 Å². The molecule has 0 spiro atoms. The number of rotatable bonds is 2. The van der Waals surface area contributed by atoms with E-state index in [0.717, 1.165) is 15.7 Å². The van der Waals surface area contributed by atoms with E-state index in [-0.39, 0.29) is 17.4 Å². The number of benzene rings is 1. The molecule has 1 aromatic rings. The maximum Gasteiger partial charge on any atom is 0.246 e. The summed E-state index contributed by atoms with van der Waals surface area (Å²) in [6.45, 7) is 1.86. The van der Waals surface area contributed by atoms with Gasteiger partial charge >= 0.3 is 0 Å².